The average Bonchev–Trinajstić information content (AvgIpc) is 2.82. The Balaban J connectivity index is 2.35. The summed E-state index contributed by atoms with van der Waals surface area (Å²) < 4.78 is 15.9. The molecule has 0 aliphatic carbocycles. The van der Waals surface area contributed by atoms with Crippen LogP contribution in [0.15, 0.2) is 12.1 Å². The first-order valence-electron chi connectivity index (χ1n) is 5.62. The van der Waals surface area contributed by atoms with Crippen molar-refractivity contribution in [2.75, 3.05) is 27.1 Å². The minimum absolute atomic E-state index is 0.0244. The van der Waals surface area contributed by atoms with E-state index in [4.69, 9.17) is 14.2 Å². The van der Waals surface area contributed by atoms with Gasteiger partial charge in [0.25, 0.3) is 0 Å². The second-order valence-electron chi connectivity index (χ2n) is 3.75. The summed E-state index contributed by atoms with van der Waals surface area (Å²) in [6.07, 6.45) is 0. The molecule has 17 heavy (non-hydrogen) atoms. The molecule has 0 saturated heterocycles. The third kappa shape index (κ3) is 2.30. The molecule has 1 aliphatic heterocycles. The van der Waals surface area contributed by atoms with Crippen LogP contribution in [0.4, 0.5) is 0 Å². The molecule has 5 nitrogen and oxygen atoms in total. The van der Waals surface area contributed by atoms with Crippen LogP contribution in [0, 0.1) is 0 Å². The van der Waals surface area contributed by atoms with Gasteiger partial charge < -0.3 is 24.6 Å². The molecule has 1 unspecified atom stereocenters. The van der Waals surface area contributed by atoms with Crippen LogP contribution in [-0.4, -0.2) is 32.2 Å². The van der Waals surface area contributed by atoms with Gasteiger partial charge in [-0.25, -0.2) is 0 Å². The van der Waals surface area contributed by atoms with Gasteiger partial charge >= 0.3 is 0 Å². The number of aliphatic hydroxyl groups is 1. The highest BCUT2D eigenvalue weighted by atomic mass is 16.7. The second kappa shape index (κ2) is 5.25. The molecule has 5 heteroatoms. The number of hydrogen-bond donors (Lipinski definition) is 2. The van der Waals surface area contributed by atoms with Gasteiger partial charge in [0, 0.05) is 0 Å². The molecule has 0 radical (unpaired) electrons. The summed E-state index contributed by atoms with van der Waals surface area (Å²) in [5, 5.41) is 12.5. The quantitative estimate of drug-likeness (QED) is 0.804. The van der Waals surface area contributed by atoms with Crippen molar-refractivity contribution < 1.29 is 19.3 Å². The smallest absolute Gasteiger partial charge is 0.231 e. The Hall–Kier alpha value is -1.46. The largest absolute Gasteiger partial charge is 0.493 e. The fourth-order valence-electron chi connectivity index (χ4n) is 1.89. The Labute approximate surface area is 100 Å². The summed E-state index contributed by atoms with van der Waals surface area (Å²) in [5.74, 6) is 1.92. The molecule has 1 aliphatic rings. The van der Waals surface area contributed by atoms with E-state index in [1.807, 2.05) is 19.1 Å². The summed E-state index contributed by atoms with van der Waals surface area (Å²) in [7, 11) is 1.59. The fourth-order valence-corrected chi connectivity index (χ4v) is 1.89. The van der Waals surface area contributed by atoms with E-state index in [-0.39, 0.29) is 19.4 Å². The third-order valence-corrected chi connectivity index (χ3v) is 2.72. The van der Waals surface area contributed by atoms with E-state index in [0.29, 0.717) is 17.2 Å². The van der Waals surface area contributed by atoms with Crippen LogP contribution in [0.2, 0.25) is 0 Å². The lowest BCUT2D eigenvalue weighted by atomic mass is 10.1. The van der Waals surface area contributed by atoms with Crippen LogP contribution < -0.4 is 19.5 Å². The topological polar surface area (TPSA) is 60.0 Å². The first kappa shape index (κ1) is 12.0. The molecule has 0 bridgehead atoms. The number of rotatable bonds is 5. The van der Waals surface area contributed by atoms with E-state index in [1.54, 1.807) is 7.11 Å². The van der Waals surface area contributed by atoms with Gasteiger partial charge in [0.2, 0.25) is 12.5 Å². The average molecular weight is 239 g/mol. The van der Waals surface area contributed by atoms with Gasteiger partial charge in [0.05, 0.1) is 19.8 Å². The van der Waals surface area contributed by atoms with E-state index in [2.05, 4.69) is 5.32 Å². The molecule has 94 valence electrons. The number of aliphatic hydroxyl groups excluding tert-OH is 1. The lowest BCUT2D eigenvalue weighted by molar-refractivity contribution is 0.171. The maximum atomic E-state index is 9.35. The van der Waals surface area contributed by atoms with Crippen LogP contribution >= 0.6 is 0 Å². The minimum atomic E-state index is -0.122. The second-order valence-corrected chi connectivity index (χ2v) is 3.75. The zero-order valence-corrected chi connectivity index (χ0v) is 10.0. The van der Waals surface area contributed by atoms with Gasteiger partial charge in [-0.05, 0) is 24.2 Å². The van der Waals surface area contributed by atoms with Gasteiger partial charge in [-0.1, -0.05) is 6.92 Å². The number of nitrogens with one attached hydrogen (secondary N) is 1. The van der Waals surface area contributed by atoms with E-state index >= 15 is 0 Å². The Morgan fingerprint density at radius 2 is 2.29 bits per heavy atom. The molecule has 1 heterocycles. The Bertz CT molecular complexity index is 394. The number of likely N-dealkylation sites (N-methyl/N-ethyl adjacent to an activating group) is 1. The Morgan fingerprint density at radius 3 is 2.94 bits per heavy atom. The first-order valence-corrected chi connectivity index (χ1v) is 5.62. The highest BCUT2D eigenvalue weighted by molar-refractivity contribution is 5.55. The van der Waals surface area contributed by atoms with Gasteiger partial charge in [-0.2, -0.15) is 0 Å². The van der Waals surface area contributed by atoms with Crippen LogP contribution in [0.3, 0.4) is 0 Å². The molecule has 1 aromatic carbocycles. The predicted octanol–water partition coefficient (Wildman–Crippen LogP) is 1.07. The molecule has 0 fully saturated rings. The monoisotopic (exact) mass is 239 g/mol. The Morgan fingerprint density at radius 1 is 1.47 bits per heavy atom. The van der Waals surface area contributed by atoms with Crippen LogP contribution in [-0.2, 0) is 0 Å². The van der Waals surface area contributed by atoms with Crippen molar-refractivity contribution >= 4 is 0 Å². The predicted molar refractivity (Wildman–Crippen MR) is 62.6 cm³/mol. The number of methoxy groups -OCH3 is 1. The number of benzene rings is 1. The highest BCUT2D eigenvalue weighted by Gasteiger charge is 2.22. The molecule has 1 aromatic rings. The zero-order valence-electron chi connectivity index (χ0n) is 10.0. The standard InChI is InChI=1S/C12H17NO4/c1-3-13-9(6-14)8-4-10(15-2)12-11(5-8)16-7-17-12/h4-5,9,13-14H,3,6-7H2,1-2H3. The maximum Gasteiger partial charge on any atom is 0.231 e. The highest BCUT2D eigenvalue weighted by Crippen LogP contribution is 2.42. The molecule has 0 spiro atoms. The normalized spacial score (nSPS) is 14.8. The lowest BCUT2D eigenvalue weighted by Crippen LogP contribution is -2.23. The van der Waals surface area contributed by atoms with Gasteiger partial charge in [-0.15, -0.1) is 0 Å². The molecular formula is C12H17NO4. The first-order chi connectivity index (χ1) is 8.30. The molecule has 0 amide bonds. The van der Waals surface area contributed by atoms with Crippen molar-refractivity contribution in [3.8, 4) is 17.2 Å². The van der Waals surface area contributed by atoms with Crippen LogP contribution in [0.5, 0.6) is 17.2 Å². The van der Waals surface area contributed by atoms with E-state index in [0.717, 1.165) is 12.1 Å². The summed E-state index contributed by atoms with van der Waals surface area (Å²) in [5.41, 5.74) is 0.926. The molecule has 2 N–H and O–H groups in total. The zero-order chi connectivity index (χ0) is 12.3. The van der Waals surface area contributed by atoms with Crippen molar-refractivity contribution in [3.63, 3.8) is 0 Å². The summed E-state index contributed by atoms with van der Waals surface area (Å²) in [6, 6.07) is 3.61. The summed E-state index contributed by atoms with van der Waals surface area (Å²) >= 11 is 0. The fraction of sp³-hybridized carbons (Fsp3) is 0.500. The lowest BCUT2D eigenvalue weighted by Gasteiger charge is -2.17. The maximum absolute atomic E-state index is 9.35. The van der Waals surface area contributed by atoms with Gasteiger partial charge in [-0.3, -0.25) is 0 Å². The van der Waals surface area contributed by atoms with Crippen molar-refractivity contribution in [2.24, 2.45) is 0 Å². The molecule has 1 atom stereocenters. The summed E-state index contributed by atoms with van der Waals surface area (Å²) in [6.45, 7) is 3.01. The molecule has 0 aromatic heterocycles. The molecular weight excluding hydrogens is 222 g/mol. The minimum Gasteiger partial charge on any atom is -0.493 e. The summed E-state index contributed by atoms with van der Waals surface area (Å²) in [4.78, 5) is 0. The van der Waals surface area contributed by atoms with Crippen molar-refractivity contribution in [1.82, 2.24) is 5.32 Å². The van der Waals surface area contributed by atoms with E-state index in [1.165, 1.54) is 0 Å². The number of fused-ring (bicyclic) bond motifs is 1. The number of hydrogen-bond acceptors (Lipinski definition) is 5. The van der Waals surface area contributed by atoms with Gasteiger partial charge in [0.15, 0.2) is 11.5 Å². The van der Waals surface area contributed by atoms with Crippen LogP contribution in [0.25, 0.3) is 0 Å². The van der Waals surface area contributed by atoms with E-state index < -0.39 is 0 Å². The van der Waals surface area contributed by atoms with E-state index in [9.17, 15) is 5.11 Å². The third-order valence-electron chi connectivity index (χ3n) is 2.72. The number of ether oxygens (including phenoxy) is 3. The van der Waals surface area contributed by atoms with Crippen molar-refractivity contribution in [3.05, 3.63) is 17.7 Å². The van der Waals surface area contributed by atoms with Crippen molar-refractivity contribution in [2.45, 2.75) is 13.0 Å². The Kier molecular flexibility index (Phi) is 3.71. The molecule has 2 rings (SSSR count). The molecule has 0 saturated carbocycles. The van der Waals surface area contributed by atoms with Crippen LogP contribution in [0.1, 0.15) is 18.5 Å². The van der Waals surface area contributed by atoms with Crippen molar-refractivity contribution in [1.29, 1.82) is 0 Å². The SMILES string of the molecule is CCNC(CO)c1cc(OC)c2c(c1)OCO2. The van der Waals surface area contributed by atoms with Gasteiger partial charge in [0.1, 0.15) is 0 Å².